The molecule has 1 N–H and O–H groups in total. The minimum atomic E-state index is -4.05. The van der Waals surface area contributed by atoms with Gasteiger partial charge >= 0.3 is 11.9 Å². The molecular formula is C20H23NO6S. The molecule has 0 saturated heterocycles. The van der Waals surface area contributed by atoms with Gasteiger partial charge in [0.2, 0.25) is 10.0 Å². The molecule has 7 nitrogen and oxygen atoms in total. The number of ether oxygens (including phenoxy) is 2. The lowest BCUT2D eigenvalue weighted by Crippen LogP contribution is -2.32. The van der Waals surface area contributed by atoms with Gasteiger partial charge in [-0.3, -0.25) is 0 Å². The molecule has 0 spiro atoms. The molecule has 0 radical (unpaired) electrons. The number of carbonyl (C=O) groups is 2. The molecule has 0 aliphatic carbocycles. The number of hydrogen-bond acceptors (Lipinski definition) is 6. The predicted octanol–water partition coefficient (Wildman–Crippen LogP) is 2.94. The van der Waals surface area contributed by atoms with Crippen LogP contribution in [0.4, 0.5) is 0 Å². The number of hydrogen-bond donors (Lipinski definition) is 1. The summed E-state index contributed by atoms with van der Waals surface area (Å²) >= 11 is 0. The Morgan fingerprint density at radius 1 is 0.893 bits per heavy atom. The summed E-state index contributed by atoms with van der Waals surface area (Å²) in [6, 6.07) is 12.2. The summed E-state index contributed by atoms with van der Waals surface area (Å²) in [5.74, 6) is -1.56. The average molecular weight is 405 g/mol. The summed E-state index contributed by atoms with van der Waals surface area (Å²) < 4.78 is 38.0. The molecule has 0 bridgehead atoms. The van der Waals surface area contributed by atoms with Gasteiger partial charge < -0.3 is 9.47 Å². The SMILES string of the molecule is COC(=O)c1cc(C(=O)OC)cc(S(=O)(=O)NC(c2ccccc2)C(C)C)c1. The van der Waals surface area contributed by atoms with Crippen LogP contribution in [0.25, 0.3) is 0 Å². The zero-order chi connectivity index (χ0) is 20.9. The predicted molar refractivity (Wildman–Crippen MR) is 103 cm³/mol. The fraction of sp³-hybridized carbons (Fsp3) is 0.300. The van der Waals surface area contributed by atoms with Crippen molar-refractivity contribution < 1.29 is 27.5 Å². The normalized spacial score (nSPS) is 12.5. The first kappa shape index (κ1) is 21.6. The molecule has 0 fully saturated rings. The summed E-state index contributed by atoms with van der Waals surface area (Å²) in [5, 5.41) is 0. The van der Waals surface area contributed by atoms with Gasteiger partial charge in [0.05, 0.1) is 30.2 Å². The molecule has 1 unspecified atom stereocenters. The molecule has 28 heavy (non-hydrogen) atoms. The maximum Gasteiger partial charge on any atom is 0.337 e. The Kier molecular flexibility index (Phi) is 6.93. The van der Waals surface area contributed by atoms with Crippen LogP contribution in [-0.4, -0.2) is 34.6 Å². The van der Waals surface area contributed by atoms with E-state index in [1.54, 1.807) is 0 Å². The second-order valence-corrected chi connectivity index (χ2v) is 8.20. The van der Waals surface area contributed by atoms with E-state index >= 15 is 0 Å². The summed E-state index contributed by atoms with van der Waals surface area (Å²) in [6.07, 6.45) is 0. The Balaban J connectivity index is 2.51. The largest absolute Gasteiger partial charge is 0.465 e. The second-order valence-electron chi connectivity index (χ2n) is 6.48. The van der Waals surface area contributed by atoms with Crippen LogP contribution < -0.4 is 4.72 Å². The lowest BCUT2D eigenvalue weighted by molar-refractivity contribution is 0.0598. The fourth-order valence-electron chi connectivity index (χ4n) is 2.71. The minimum absolute atomic E-state index is 0.0407. The van der Waals surface area contributed by atoms with Gasteiger partial charge in [-0.2, -0.15) is 0 Å². The number of rotatable bonds is 7. The molecule has 0 saturated carbocycles. The smallest absolute Gasteiger partial charge is 0.337 e. The average Bonchev–Trinajstić information content (AvgIpc) is 2.70. The standard InChI is InChI=1S/C20H23NO6S/c1-13(2)18(14-8-6-5-7-9-14)21-28(24,25)17-11-15(19(22)26-3)10-16(12-17)20(23)27-4/h5-13,18,21H,1-4H3. The minimum Gasteiger partial charge on any atom is -0.465 e. The van der Waals surface area contributed by atoms with E-state index in [1.807, 2.05) is 44.2 Å². The molecule has 8 heteroatoms. The lowest BCUT2D eigenvalue weighted by Gasteiger charge is -2.23. The van der Waals surface area contributed by atoms with Crippen molar-refractivity contribution in [2.24, 2.45) is 5.92 Å². The first-order valence-electron chi connectivity index (χ1n) is 8.58. The first-order valence-corrected chi connectivity index (χ1v) is 10.1. The Morgan fingerprint density at radius 2 is 1.39 bits per heavy atom. The molecule has 0 heterocycles. The monoisotopic (exact) mass is 405 g/mol. The van der Waals surface area contributed by atoms with Crippen LogP contribution in [-0.2, 0) is 19.5 Å². The fourth-order valence-corrected chi connectivity index (χ4v) is 4.15. The number of sulfonamides is 1. The van der Waals surface area contributed by atoms with E-state index in [0.717, 1.165) is 5.56 Å². The molecule has 2 aromatic carbocycles. The molecule has 0 aliphatic rings. The summed E-state index contributed by atoms with van der Waals surface area (Å²) in [5.41, 5.74) is 0.677. The molecule has 0 aliphatic heterocycles. The van der Waals surface area contributed by atoms with E-state index in [2.05, 4.69) is 14.2 Å². The van der Waals surface area contributed by atoms with E-state index < -0.39 is 28.0 Å². The highest BCUT2D eigenvalue weighted by Gasteiger charge is 2.26. The summed E-state index contributed by atoms with van der Waals surface area (Å²) in [4.78, 5) is 23.6. The van der Waals surface area contributed by atoms with Crippen molar-refractivity contribution in [3.63, 3.8) is 0 Å². The molecule has 2 rings (SSSR count). The van der Waals surface area contributed by atoms with Crippen LogP contribution in [0.5, 0.6) is 0 Å². The van der Waals surface area contributed by atoms with E-state index in [0.29, 0.717) is 0 Å². The Labute approximate surface area is 164 Å². The highest BCUT2D eigenvalue weighted by molar-refractivity contribution is 7.89. The lowest BCUT2D eigenvalue weighted by atomic mass is 9.97. The van der Waals surface area contributed by atoms with E-state index in [-0.39, 0.29) is 21.9 Å². The van der Waals surface area contributed by atoms with Crippen LogP contribution in [0, 0.1) is 5.92 Å². The molecule has 2 aromatic rings. The van der Waals surface area contributed by atoms with Gasteiger partial charge in [-0.25, -0.2) is 22.7 Å². The van der Waals surface area contributed by atoms with Crippen molar-refractivity contribution in [2.75, 3.05) is 14.2 Å². The Morgan fingerprint density at radius 3 is 1.82 bits per heavy atom. The van der Waals surface area contributed by atoms with Gasteiger partial charge in [-0.15, -0.1) is 0 Å². The third kappa shape index (κ3) is 4.96. The van der Waals surface area contributed by atoms with Crippen molar-refractivity contribution in [3.8, 4) is 0 Å². The number of benzene rings is 2. The van der Waals surface area contributed by atoms with Gasteiger partial charge in [-0.1, -0.05) is 44.2 Å². The van der Waals surface area contributed by atoms with Crippen LogP contribution in [0.3, 0.4) is 0 Å². The Bertz CT molecular complexity index is 920. The quantitative estimate of drug-likeness (QED) is 0.711. The molecule has 150 valence electrons. The summed E-state index contributed by atoms with van der Waals surface area (Å²) in [6.45, 7) is 3.79. The molecule has 0 amide bonds. The van der Waals surface area contributed by atoms with Crippen LogP contribution in [0.2, 0.25) is 0 Å². The van der Waals surface area contributed by atoms with Crippen LogP contribution in [0.1, 0.15) is 46.2 Å². The number of methoxy groups -OCH3 is 2. The van der Waals surface area contributed by atoms with Gasteiger partial charge in [0.1, 0.15) is 0 Å². The maximum atomic E-state index is 13.0. The number of esters is 2. The zero-order valence-electron chi connectivity index (χ0n) is 16.1. The zero-order valence-corrected chi connectivity index (χ0v) is 16.9. The van der Waals surface area contributed by atoms with E-state index in [1.165, 1.54) is 32.4 Å². The Hall–Kier alpha value is -2.71. The van der Waals surface area contributed by atoms with Gasteiger partial charge in [0.15, 0.2) is 0 Å². The first-order chi connectivity index (χ1) is 13.2. The highest BCUT2D eigenvalue weighted by atomic mass is 32.2. The van der Waals surface area contributed by atoms with Crippen LogP contribution >= 0.6 is 0 Å². The van der Waals surface area contributed by atoms with Gasteiger partial charge in [0, 0.05) is 6.04 Å². The maximum absolute atomic E-state index is 13.0. The van der Waals surface area contributed by atoms with Crippen molar-refractivity contribution in [1.82, 2.24) is 4.72 Å². The van der Waals surface area contributed by atoms with Crippen LogP contribution in [0.15, 0.2) is 53.4 Å². The highest BCUT2D eigenvalue weighted by Crippen LogP contribution is 2.25. The van der Waals surface area contributed by atoms with E-state index in [4.69, 9.17) is 0 Å². The summed E-state index contributed by atoms with van der Waals surface area (Å²) in [7, 11) is -1.71. The van der Waals surface area contributed by atoms with Crippen molar-refractivity contribution >= 4 is 22.0 Å². The molecular weight excluding hydrogens is 382 g/mol. The van der Waals surface area contributed by atoms with Gasteiger partial charge in [-0.05, 0) is 29.7 Å². The second kappa shape index (κ2) is 8.99. The van der Waals surface area contributed by atoms with Crippen molar-refractivity contribution in [2.45, 2.75) is 24.8 Å². The number of nitrogens with one attached hydrogen (secondary N) is 1. The molecule has 1 atom stereocenters. The molecule has 0 aromatic heterocycles. The van der Waals surface area contributed by atoms with E-state index in [9.17, 15) is 18.0 Å². The van der Waals surface area contributed by atoms with Crippen molar-refractivity contribution in [1.29, 1.82) is 0 Å². The van der Waals surface area contributed by atoms with Gasteiger partial charge in [0.25, 0.3) is 0 Å². The van der Waals surface area contributed by atoms with Crippen molar-refractivity contribution in [3.05, 3.63) is 65.2 Å². The topological polar surface area (TPSA) is 98.8 Å². The third-order valence-electron chi connectivity index (χ3n) is 4.17. The third-order valence-corrected chi connectivity index (χ3v) is 5.59. The number of carbonyl (C=O) groups excluding carboxylic acids is 2.